The quantitative estimate of drug-likeness (QED) is 0.139. The van der Waals surface area contributed by atoms with E-state index < -0.39 is 26.5 Å². The Balaban J connectivity index is 0.816. The number of phosphoric ester groups is 2. The lowest BCUT2D eigenvalue weighted by atomic mass is 9.73. The average molecular weight is 1130 g/mol. The average Bonchev–Trinajstić information content (AvgIpc) is 3.66. The van der Waals surface area contributed by atoms with Gasteiger partial charge in [-0.3, -0.25) is 0 Å². The normalized spacial score (nSPS) is 17.1. The van der Waals surface area contributed by atoms with E-state index in [2.05, 4.69) is 156 Å². The van der Waals surface area contributed by atoms with E-state index in [0.717, 1.165) is 44.5 Å². The summed E-state index contributed by atoms with van der Waals surface area (Å²) >= 11 is 0. The fraction of sp³-hybridized carbons (Fsp3) is 0.250. The van der Waals surface area contributed by atoms with Crippen LogP contribution in [0.5, 0.6) is 34.5 Å². The molecule has 418 valence electrons. The minimum absolute atomic E-state index is 0.320. The van der Waals surface area contributed by atoms with Crippen LogP contribution in [0, 0.1) is 0 Å². The van der Waals surface area contributed by atoms with Crippen LogP contribution >= 0.6 is 15.6 Å². The molecule has 0 N–H and O–H groups in total. The van der Waals surface area contributed by atoms with E-state index >= 15 is 0 Å². The lowest BCUT2D eigenvalue weighted by Crippen LogP contribution is -2.23. The number of hydrogen-bond donors (Lipinski definition) is 0. The zero-order chi connectivity index (χ0) is 58.1. The summed E-state index contributed by atoms with van der Waals surface area (Å²) in [7, 11) is -8.61. The summed E-state index contributed by atoms with van der Waals surface area (Å²) in [5.41, 5.74) is 11.2. The second-order valence-electron chi connectivity index (χ2n) is 25.1. The van der Waals surface area contributed by atoms with Gasteiger partial charge in [-0.25, -0.2) is 0 Å². The molecule has 0 atom stereocenters. The van der Waals surface area contributed by atoms with Crippen LogP contribution in [-0.2, 0) is 41.6 Å². The van der Waals surface area contributed by atoms with E-state index in [1.54, 1.807) is 0 Å². The third-order valence-electron chi connectivity index (χ3n) is 17.7. The van der Waals surface area contributed by atoms with E-state index in [1.165, 1.54) is 22.3 Å². The van der Waals surface area contributed by atoms with Crippen LogP contribution in [-0.4, -0.2) is 0 Å². The summed E-state index contributed by atoms with van der Waals surface area (Å²) in [6.07, 6.45) is 0. The van der Waals surface area contributed by atoms with Gasteiger partial charge in [0.25, 0.3) is 0 Å². The zero-order valence-corrected chi connectivity index (χ0v) is 50.7. The van der Waals surface area contributed by atoms with Crippen molar-refractivity contribution in [2.75, 3.05) is 0 Å². The van der Waals surface area contributed by atoms with Crippen molar-refractivity contribution in [2.24, 2.45) is 0 Å². The summed E-state index contributed by atoms with van der Waals surface area (Å²) < 4.78 is 67.0. The Morgan fingerprint density at radius 1 is 0.293 bits per heavy atom. The highest BCUT2D eigenvalue weighted by atomic mass is 31.2. The fourth-order valence-corrected chi connectivity index (χ4v) is 13.9. The first kappa shape index (κ1) is 56.1. The van der Waals surface area contributed by atoms with E-state index in [1.807, 2.05) is 146 Å². The van der Waals surface area contributed by atoms with Gasteiger partial charge < -0.3 is 27.1 Å². The zero-order valence-electron chi connectivity index (χ0n) is 48.9. The molecule has 8 nitrogen and oxygen atoms in total. The smallest absolute Gasteiger partial charge is 0.386 e. The Hall–Kier alpha value is -7.76. The van der Waals surface area contributed by atoms with Crippen LogP contribution in [0.1, 0.15) is 150 Å². The van der Waals surface area contributed by atoms with Crippen molar-refractivity contribution in [3.63, 3.8) is 0 Å². The minimum atomic E-state index is -4.31. The SMILES string of the molecule is CC(C)(c1ccc(OP2(=O)Oc3ccc(cc3)C(C)(C)c3cccc(c3)C(C)(C)c3ccc(cc3)O2)cc1)c1cccc(C(C)(C)c2ccc(OP3(=O)Oc4ccc(cc4)C(C)(C)c4cccc(c4)C(C)(C)c4ccc(cc4)O3)cc2)c1. The van der Waals surface area contributed by atoms with Crippen molar-refractivity contribution in [1.82, 2.24) is 0 Å². The summed E-state index contributed by atoms with van der Waals surface area (Å²) in [5, 5.41) is 0. The van der Waals surface area contributed by atoms with Crippen LogP contribution in [0.15, 0.2) is 218 Å². The maximum absolute atomic E-state index is 14.9. The third kappa shape index (κ3) is 10.8. The van der Waals surface area contributed by atoms with Crippen molar-refractivity contribution >= 4 is 15.6 Å². The van der Waals surface area contributed by atoms with Crippen LogP contribution in [0.3, 0.4) is 0 Å². The standard InChI is InChI=1S/C72H72O8P2/c1-67(2)49-22-34-61(35-23-49)75-81(73,76-62-36-24-50(25-37-62)68(3,4)56-17-13-16-55(67)46-56)79-65-42-30-53(31-43-65)71(9,10)59-20-15-21-60(48-59)72(11,12)54-32-44-66(45-33-54)80-82(74)77-63-38-26-51(27-39-63)69(5,6)57-18-14-19-58(47-57)70(7,8)52-28-40-64(78-82)41-29-52/h13-48H,1-12H3. The van der Waals surface area contributed by atoms with Gasteiger partial charge in [0, 0.05) is 32.5 Å². The van der Waals surface area contributed by atoms with Gasteiger partial charge in [0.2, 0.25) is 0 Å². The molecular formula is C72H72O8P2. The van der Waals surface area contributed by atoms with Gasteiger partial charge in [0.05, 0.1) is 0 Å². The van der Waals surface area contributed by atoms with E-state index in [-0.39, 0.29) is 21.7 Å². The molecule has 10 heteroatoms. The van der Waals surface area contributed by atoms with Gasteiger partial charge in [-0.05, 0) is 140 Å². The largest absolute Gasteiger partial charge is 0.647 e. The highest BCUT2D eigenvalue weighted by Gasteiger charge is 2.38. The molecule has 0 unspecified atom stereocenters. The number of rotatable bonds is 8. The number of benzene rings is 9. The van der Waals surface area contributed by atoms with Gasteiger partial charge in [-0.15, -0.1) is 0 Å². The maximum atomic E-state index is 14.9. The molecule has 8 aliphatic rings. The molecular weight excluding hydrogens is 1050 g/mol. The molecule has 9 aromatic rings. The Kier molecular flexibility index (Phi) is 14.1. The lowest BCUT2D eigenvalue weighted by molar-refractivity contribution is 0.296. The van der Waals surface area contributed by atoms with Crippen molar-refractivity contribution < 1.29 is 36.3 Å². The van der Waals surface area contributed by atoms with Gasteiger partial charge >= 0.3 is 15.6 Å². The molecule has 0 radical (unpaired) electrons. The molecule has 9 aromatic carbocycles. The Morgan fingerprint density at radius 2 is 0.537 bits per heavy atom. The predicted molar refractivity (Wildman–Crippen MR) is 330 cm³/mol. The molecule has 0 saturated heterocycles. The van der Waals surface area contributed by atoms with Crippen LogP contribution < -0.4 is 27.1 Å². The molecule has 0 aliphatic carbocycles. The summed E-state index contributed by atoms with van der Waals surface area (Å²) in [5.74, 6) is 2.10. The molecule has 12 bridgehead atoms. The lowest BCUT2D eigenvalue weighted by Gasteiger charge is -2.31. The van der Waals surface area contributed by atoms with Crippen molar-refractivity contribution in [3.8, 4) is 34.5 Å². The summed E-state index contributed by atoms with van der Waals surface area (Å²) in [4.78, 5) is 0. The van der Waals surface area contributed by atoms with Gasteiger partial charge in [-0.2, -0.15) is 9.13 Å². The Bertz CT molecular complexity index is 3480. The topological polar surface area (TPSA) is 89.5 Å². The highest BCUT2D eigenvalue weighted by Crippen LogP contribution is 2.53. The van der Waals surface area contributed by atoms with Crippen LogP contribution in [0.25, 0.3) is 0 Å². The second-order valence-corrected chi connectivity index (χ2v) is 28.0. The van der Waals surface area contributed by atoms with Crippen molar-refractivity contribution in [2.45, 2.75) is 116 Å². The number of phosphoric acid groups is 2. The van der Waals surface area contributed by atoms with Gasteiger partial charge in [0.1, 0.15) is 34.5 Å². The van der Waals surface area contributed by atoms with E-state index in [9.17, 15) is 9.13 Å². The van der Waals surface area contributed by atoms with Crippen molar-refractivity contribution in [3.05, 3.63) is 285 Å². The first-order valence-electron chi connectivity index (χ1n) is 28.1. The molecule has 8 heterocycles. The third-order valence-corrected chi connectivity index (χ3v) is 20.3. The first-order valence-corrected chi connectivity index (χ1v) is 31.0. The molecule has 0 saturated carbocycles. The molecule has 0 fully saturated rings. The molecule has 8 aliphatic heterocycles. The van der Waals surface area contributed by atoms with Crippen molar-refractivity contribution in [1.29, 1.82) is 0 Å². The van der Waals surface area contributed by atoms with E-state index in [4.69, 9.17) is 27.1 Å². The fourth-order valence-electron chi connectivity index (χ4n) is 11.4. The molecule has 0 aromatic heterocycles. The predicted octanol–water partition coefficient (Wildman–Crippen LogP) is 19.6. The number of hydrogen-bond acceptors (Lipinski definition) is 8. The monoisotopic (exact) mass is 1130 g/mol. The Morgan fingerprint density at radius 3 is 0.793 bits per heavy atom. The molecule has 17 rings (SSSR count). The Labute approximate surface area is 484 Å². The van der Waals surface area contributed by atoms with Gasteiger partial charge in [0.15, 0.2) is 0 Å². The van der Waals surface area contributed by atoms with Crippen LogP contribution in [0.4, 0.5) is 0 Å². The maximum Gasteiger partial charge on any atom is 0.647 e. The first-order chi connectivity index (χ1) is 38.7. The highest BCUT2D eigenvalue weighted by molar-refractivity contribution is 7.50. The molecule has 82 heavy (non-hydrogen) atoms. The van der Waals surface area contributed by atoms with E-state index in [0.29, 0.717) is 34.5 Å². The summed E-state index contributed by atoms with van der Waals surface area (Å²) in [6, 6.07) is 72.0. The van der Waals surface area contributed by atoms with Gasteiger partial charge in [-0.1, -0.05) is 229 Å². The second kappa shape index (κ2) is 20.6. The molecule has 0 spiro atoms. The molecule has 0 amide bonds. The summed E-state index contributed by atoms with van der Waals surface area (Å²) in [6.45, 7) is 26.4. The van der Waals surface area contributed by atoms with Crippen LogP contribution in [0.2, 0.25) is 0 Å². The minimum Gasteiger partial charge on any atom is -0.386 e.